The first-order chi connectivity index (χ1) is 8.49. The topological polar surface area (TPSA) is 92.3 Å². The fourth-order valence-corrected chi connectivity index (χ4v) is 1.73. The first kappa shape index (κ1) is 12.3. The van der Waals surface area contributed by atoms with Gasteiger partial charge in [0.2, 0.25) is 0 Å². The second kappa shape index (κ2) is 4.62. The van der Waals surface area contributed by atoms with Gasteiger partial charge in [-0.3, -0.25) is 0 Å². The lowest BCUT2D eigenvalue weighted by molar-refractivity contribution is 0.404. The van der Waals surface area contributed by atoms with Crippen molar-refractivity contribution in [2.24, 2.45) is 5.73 Å². The summed E-state index contributed by atoms with van der Waals surface area (Å²) in [5.41, 5.74) is 8.14. The lowest BCUT2D eigenvalue weighted by Gasteiger charge is -2.10. The van der Waals surface area contributed by atoms with E-state index in [1.165, 1.54) is 12.1 Å². The quantitative estimate of drug-likeness (QED) is 0.702. The van der Waals surface area contributed by atoms with Gasteiger partial charge in [-0.1, -0.05) is 0 Å². The van der Waals surface area contributed by atoms with Gasteiger partial charge < -0.3 is 15.9 Å². The average Bonchev–Trinajstić information content (AvgIpc) is 2.32. The van der Waals surface area contributed by atoms with E-state index < -0.39 is 0 Å². The number of hydrogen-bond acceptors (Lipinski definition) is 5. The van der Waals surface area contributed by atoms with Crippen molar-refractivity contribution in [1.29, 1.82) is 0 Å². The van der Waals surface area contributed by atoms with Crippen LogP contribution in [-0.4, -0.2) is 20.2 Å². The molecule has 1 unspecified atom stereocenters. The van der Waals surface area contributed by atoms with Crippen molar-refractivity contribution >= 4 is 0 Å². The Kier molecular flexibility index (Phi) is 3.16. The summed E-state index contributed by atoms with van der Waals surface area (Å²) >= 11 is 0. The molecule has 0 aliphatic carbocycles. The average molecular weight is 245 g/mol. The molecule has 18 heavy (non-hydrogen) atoms. The number of phenols is 2. The highest BCUT2D eigenvalue weighted by molar-refractivity contribution is 5.60. The zero-order chi connectivity index (χ0) is 13.3. The molecule has 1 aromatic carbocycles. The third-order valence-corrected chi connectivity index (χ3v) is 2.74. The van der Waals surface area contributed by atoms with Gasteiger partial charge in [0.15, 0.2) is 17.3 Å². The number of rotatable bonds is 2. The number of nitrogens with two attached hydrogens (primary N) is 1. The minimum atomic E-state index is -0.190. The SMILES string of the molecule is Cc1nc(-c2ccc(O)c(O)c2)ncc1C(C)N. The standard InChI is InChI=1S/C13H15N3O2/c1-7(14)10-6-15-13(16-8(10)2)9-3-4-11(17)12(18)5-9/h3-7,17-18H,14H2,1-2H3. The second-order valence-electron chi connectivity index (χ2n) is 4.23. The van der Waals surface area contributed by atoms with Crippen LogP contribution in [0.3, 0.4) is 0 Å². The lowest BCUT2D eigenvalue weighted by Crippen LogP contribution is -2.09. The molecule has 1 atom stereocenters. The zero-order valence-corrected chi connectivity index (χ0v) is 10.3. The molecule has 0 spiro atoms. The van der Waals surface area contributed by atoms with Crippen molar-refractivity contribution in [1.82, 2.24) is 9.97 Å². The molecule has 0 saturated carbocycles. The third-order valence-electron chi connectivity index (χ3n) is 2.74. The van der Waals surface area contributed by atoms with Crippen molar-refractivity contribution < 1.29 is 10.2 Å². The smallest absolute Gasteiger partial charge is 0.159 e. The van der Waals surface area contributed by atoms with Crippen LogP contribution in [0.1, 0.15) is 24.2 Å². The number of phenolic OH excluding ortho intramolecular Hbond substituents is 2. The van der Waals surface area contributed by atoms with E-state index in [1.54, 1.807) is 12.3 Å². The Balaban J connectivity index is 2.45. The Morgan fingerprint density at radius 3 is 2.50 bits per heavy atom. The summed E-state index contributed by atoms with van der Waals surface area (Å²) in [4.78, 5) is 8.57. The molecule has 0 aliphatic heterocycles. The van der Waals surface area contributed by atoms with Crippen molar-refractivity contribution in [2.75, 3.05) is 0 Å². The predicted molar refractivity (Wildman–Crippen MR) is 68.1 cm³/mol. The Bertz CT molecular complexity index is 582. The fraction of sp³-hybridized carbons (Fsp3) is 0.231. The van der Waals surface area contributed by atoms with Crippen LogP contribution in [0, 0.1) is 6.92 Å². The van der Waals surface area contributed by atoms with Gasteiger partial charge in [-0.25, -0.2) is 9.97 Å². The molecular formula is C13H15N3O2. The molecule has 5 heteroatoms. The molecule has 0 bridgehead atoms. The summed E-state index contributed by atoms with van der Waals surface area (Å²) in [5, 5.41) is 18.7. The maximum Gasteiger partial charge on any atom is 0.159 e. The number of nitrogens with zero attached hydrogens (tertiary/aromatic N) is 2. The predicted octanol–water partition coefficient (Wildman–Crippen LogP) is 1.88. The van der Waals surface area contributed by atoms with Crippen LogP contribution < -0.4 is 5.73 Å². The molecule has 0 aliphatic rings. The Morgan fingerprint density at radius 2 is 1.94 bits per heavy atom. The monoisotopic (exact) mass is 245 g/mol. The van der Waals surface area contributed by atoms with Gasteiger partial charge in [-0.05, 0) is 32.0 Å². The molecule has 1 aromatic heterocycles. The van der Waals surface area contributed by atoms with Gasteiger partial charge in [0.25, 0.3) is 0 Å². The van der Waals surface area contributed by atoms with Crippen LogP contribution in [0.25, 0.3) is 11.4 Å². The van der Waals surface area contributed by atoms with E-state index >= 15 is 0 Å². The molecule has 2 rings (SSSR count). The van der Waals surface area contributed by atoms with Gasteiger partial charge in [0.05, 0.1) is 0 Å². The van der Waals surface area contributed by atoms with Crippen molar-refractivity contribution in [3.63, 3.8) is 0 Å². The molecule has 0 fully saturated rings. The molecule has 5 nitrogen and oxygen atoms in total. The summed E-state index contributed by atoms with van der Waals surface area (Å²) in [5.74, 6) is 0.139. The first-order valence-corrected chi connectivity index (χ1v) is 5.60. The molecule has 2 aromatic rings. The van der Waals surface area contributed by atoms with Crippen molar-refractivity contribution in [2.45, 2.75) is 19.9 Å². The van der Waals surface area contributed by atoms with E-state index in [-0.39, 0.29) is 17.5 Å². The third kappa shape index (κ3) is 2.26. The van der Waals surface area contributed by atoms with E-state index in [9.17, 15) is 10.2 Å². The van der Waals surface area contributed by atoms with E-state index in [2.05, 4.69) is 9.97 Å². The van der Waals surface area contributed by atoms with E-state index in [0.29, 0.717) is 11.4 Å². The Labute approximate surface area is 105 Å². The minimum absolute atomic E-state index is 0.118. The largest absolute Gasteiger partial charge is 0.504 e. The van der Waals surface area contributed by atoms with Gasteiger partial charge >= 0.3 is 0 Å². The van der Waals surface area contributed by atoms with E-state index in [0.717, 1.165) is 11.3 Å². The molecule has 4 N–H and O–H groups in total. The maximum atomic E-state index is 9.45. The Hall–Kier alpha value is -2.14. The lowest BCUT2D eigenvalue weighted by atomic mass is 10.1. The van der Waals surface area contributed by atoms with Crippen LogP contribution in [0.2, 0.25) is 0 Å². The molecule has 0 amide bonds. The molecular weight excluding hydrogens is 230 g/mol. The molecule has 0 saturated heterocycles. The summed E-state index contributed by atoms with van der Waals surface area (Å²) in [7, 11) is 0. The highest BCUT2D eigenvalue weighted by Crippen LogP contribution is 2.29. The van der Waals surface area contributed by atoms with Gasteiger partial charge in [0, 0.05) is 29.1 Å². The first-order valence-electron chi connectivity index (χ1n) is 5.60. The molecule has 0 radical (unpaired) electrons. The Morgan fingerprint density at radius 1 is 1.22 bits per heavy atom. The second-order valence-corrected chi connectivity index (χ2v) is 4.23. The highest BCUT2D eigenvalue weighted by Gasteiger charge is 2.10. The van der Waals surface area contributed by atoms with Crippen molar-refractivity contribution in [3.05, 3.63) is 35.7 Å². The highest BCUT2D eigenvalue weighted by atomic mass is 16.3. The zero-order valence-electron chi connectivity index (χ0n) is 10.3. The minimum Gasteiger partial charge on any atom is -0.504 e. The summed E-state index contributed by atoms with van der Waals surface area (Å²) < 4.78 is 0. The molecule has 1 heterocycles. The summed E-state index contributed by atoms with van der Waals surface area (Å²) in [6.45, 7) is 3.74. The van der Waals surface area contributed by atoms with E-state index in [1.807, 2.05) is 13.8 Å². The van der Waals surface area contributed by atoms with Crippen molar-refractivity contribution in [3.8, 4) is 22.9 Å². The summed E-state index contributed by atoms with van der Waals surface area (Å²) in [6.07, 6.45) is 1.69. The van der Waals surface area contributed by atoms with Crippen LogP contribution >= 0.6 is 0 Å². The number of aryl methyl sites for hydroxylation is 1. The molecule has 94 valence electrons. The number of aromatic nitrogens is 2. The van der Waals surface area contributed by atoms with Crippen LogP contribution in [0.5, 0.6) is 11.5 Å². The van der Waals surface area contributed by atoms with Crippen LogP contribution in [-0.2, 0) is 0 Å². The van der Waals surface area contributed by atoms with Gasteiger partial charge in [0.1, 0.15) is 0 Å². The van der Waals surface area contributed by atoms with Gasteiger partial charge in [-0.2, -0.15) is 0 Å². The van der Waals surface area contributed by atoms with Crippen LogP contribution in [0.15, 0.2) is 24.4 Å². The fourth-order valence-electron chi connectivity index (χ4n) is 1.73. The number of hydrogen-bond donors (Lipinski definition) is 3. The van der Waals surface area contributed by atoms with Crippen LogP contribution in [0.4, 0.5) is 0 Å². The van der Waals surface area contributed by atoms with E-state index in [4.69, 9.17) is 5.73 Å². The van der Waals surface area contributed by atoms with Gasteiger partial charge in [-0.15, -0.1) is 0 Å². The normalized spacial score (nSPS) is 12.4. The number of aromatic hydroxyl groups is 2. The summed E-state index contributed by atoms with van der Waals surface area (Å²) in [6, 6.07) is 4.36. The number of benzene rings is 1. The maximum absolute atomic E-state index is 9.45.